The summed E-state index contributed by atoms with van der Waals surface area (Å²) in [4.78, 5) is -0.310. The second-order valence-corrected chi connectivity index (χ2v) is 11.3. The predicted octanol–water partition coefficient (Wildman–Crippen LogP) is 4.53. The molecule has 198 valence electrons. The largest absolute Gasteiger partial charge is 0.496 e. The van der Waals surface area contributed by atoms with E-state index in [0.29, 0.717) is 39.7 Å². The van der Waals surface area contributed by atoms with E-state index in [4.69, 9.17) is 18.9 Å². The first-order valence-corrected chi connectivity index (χ1v) is 14.0. The summed E-state index contributed by atoms with van der Waals surface area (Å²) in [6.45, 7) is 1.77. The van der Waals surface area contributed by atoms with Crippen molar-refractivity contribution >= 4 is 26.0 Å². The molecule has 3 aromatic carbocycles. The Balaban J connectivity index is 2.03. The molecular formula is C26H28O9S2. The predicted molar refractivity (Wildman–Crippen MR) is 141 cm³/mol. The lowest BCUT2D eigenvalue weighted by Gasteiger charge is -2.14. The SMILES string of the molecule is COc1cc(OC)c(C=CS(=O)(=O)Cc2ccc(OC)c(-c3cc(C)ccc3S(=O)(=O)O)c2)c(OC)c1. The van der Waals surface area contributed by atoms with Crippen molar-refractivity contribution in [2.45, 2.75) is 17.6 Å². The molecule has 0 fully saturated rings. The van der Waals surface area contributed by atoms with E-state index in [2.05, 4.69) is 0 Å². The Hall–Kier alpha value is -3.54. The van der Waals surface area contributed by atoms with Crippen LogP contribution < -0.4 is 18.9 Å². The van der Waals surface area contributed by atoms with Crippen molar-refractivity contribution in [3.63, 3.8) is 0 Å². The van der Waals surface area contributed by atoms with Crippen molar-refractivity contribution in [2.75, 3.05) is 28.4 Å². The summed E-state index contributed by atoms with van der Waals surface area (Å²) in [5.41, 5.74) is 2.07. The Labute approximate surface area is 216 Å². The fourth-order valence-electron chi connectivity index (χ4n) is 3.78. The van der Waals surface area contributed by atoms with E-state index in [1.165, 1.54) is 46.6 Å². The fourth-order valence-corrected chi connectivity index (χ4v) is 5.55. The van der Waals surface area contributed by atoms with Crippen LogP contribution in [0.3, 0.4) is 0 Å². The summed E-state index contributed by atoms with van der Waals surface area (Å²) in [6, 6.07) is 12.3. The molecule has 0 bridgehead atoms. The highest BCUT2D eigenvalue weighted by atomic mass is 32.2. The molecule has 0 amide bonds. The van der Waals surface area contributed by atoms with Crippen LogP contribution in [0.2, 0.25) is 0 Å². The van der Waals surface area contributed by atoms with Crippen LogP contribution in [0, 0.1) is 6.92 Å². The van der Waals surface area contributed by atoms with Crippen molar-refractivity contribution in [1.29, 1.82) is 0 Å². The molecule has 0 unspecified atom stereocenters. The number of benzene rings is 3. The van der Waals surface area contributed by atoms with Gasteiger partial charge in [-0.05, 0) is 42.8 Å². The lowest BCUT2D eigenvalue weighted by Crippen LogP contribution is -2.04. The molecule has 0 aliphatic rings. The minimum absolute atomic E-state index is 0.196. The average molecular weight is 549 g/mol. The number of aryl methyl sites for hydroxylation is 1. The summed E-state index contributed by atoms with van der Waals surface area (Å²) in [5, 5.41) is 1.06. The topological polar surface area (TPSA) is 125 Å². The minimum Gasteiger partial charge on any atom is -0.496 e. The minimum atomic E-state index is -4.55. The quantitative estimate of drug-likeness (QED) is 0.364. The van der Waals surface area contributed by atoms with Gasteiger partial charge in [0, 0.05) is 28.7 Å². The van der Waals surface area contributed by atoms with E-state index in [1.54, 1.807) is 43.3 Å². The number of sulfone groups is 1. The van der Waals surface area contributed by atoms with Gasteiger partial charge < -0.3 is 18.9 Å². The zero-order chi connectivity index (χ0) is 27.4. The van der Waals surface area contributed by atoms with Crippen LogP contribution >= 0.6 is 0 Å². The van der Waals surface area contributed by atoms with E-state index < -0.39 is 20.0 Å². The molecule has 3 rings (SSSR count). The highest BCUT2D eigenvalue weighted by Crippen LogP contribution is 2.37. The first-order valence-electron chi connectivity index (χ1n) is 10.9. The molecule has 11 heteroatoms. The van der Waals surface area contributed by atoms with Crippen LogP contribution in [-0.4, -0.2) is 49.8 Å². The van der Waals surface area contributed by atoms with E-state index in [1.807, 2.05) is 0 Å². The molecule has 37 heavy (non-hydrogen) atoms. The van der Waals surface area contributed by atoms with Gasteiger partial charge in [-0.2, -0.15) is 8.42 Å². The molecule has 0 radical (unpaired) electrons. The highest BCUT2D eigenvalue weighted by molar-refractivity contribution is 7.93. The molecular weight excluding hydrogens is 520 g/mol. The summed E-state index contributed by atoms with van der Waals surface area (Å²) in [6.07, 6.45) is 1.38. The first-order chi connectivity index (χ1) is 17.4. The van der Waals surface area contributed by atoms with Crippen LogP contribution in [0.15, 0.2) is 58.8 Å². The maximum absolute atomic E-state index is 13.0. The van der Waals surface area contributed by atoms with Crippen LogP contribution in [0.25, 0.3) is 17.2 Å². The van der Waals surface area contributed by atoms with Gasteiger partial charge in [-0.25, -0.2) is 8.42 Å². The molecule has 0 heterocycles. The lowest BCUT2D eigenvalue weighted by molar-refractivity contribution is 0.374. The van der Waals surface area contributed by atoms with Gasteiger partial charge in [0.05, 0.1) is 39.8 Å². The van der Waals surface area contributed by atoms with Gasteiger partial charge in [0.15, 0.2) is 9.84 Å². The zero-order valence-electron chi connectivity index (χ0n) is 21.0. The van der Waals surface area contributed by atoms with Crippen molar-refractivity contribution in [2.24, 2.45) is 0 Å². The second kappa shape index (κ2) is 11.2. The Bertz CT molecular complexity index is 1520. The van der Waals surface area contributed by atoms with E-state index >= 15 is 0 Å². The smallest absolute Gasteiger partial charge is 0.295 e. The maximum Gasteiger partial charge on any atom is 0.295 e. The van der Waals surface area contributed by atoms with Gasteiger partial charge in [-0.15, -0.1) is 0 Å². The Kier molecular flexibility index (Phi) is 8.52. The molecule has 1 N–H and O–H groups in total. The van der Waals surface area contributed by atoms with E-state index in [0.717, 1.165) is 11.0 Å². The third-order valence-corrected chi connectivity index (χ3v) is 7.73. The van der Waals surface area contributed by atoms with Crippen LogP contribution in [0.5, 0.6) is 23.0 Å². The van der Waals surface area contributed by atoms with Crippen LogP contribution in [-0.2, 0) is 25.7 Å². The normalized spacial score (nSPS) is 11.9. The summed E-state index contributed by atoms with van der Waals surface area (Å²) >= 11 is 0. The molecule has 0 saturated carbocycles. The van der Waals surface area contributed by atoms with Gasteiger partial charge in [-0.3, -0.25) is 4.55 Å². The van der Waals surface area contributed by atoms with Gasteiger partial charge in [0.2, 0.25) is 0 Å². The number of ether oxygens (including phenoxy) is 4. The Morgan fingerprint density at radius 1 is 0.757 bits per heavy atom. The average Bonchev–Trinajstić information content (AvgIpc) is 2.85. The van der Waals surface area contributed by atoms with Gasteiger partial charge in [0.1, 0.15) is 27.9 Å². The van der Waals surface area contributed by atoms with E-state index in [-0.39, 0.29) is 16.2 Å². The Morgan fingerprint density at radius 3 is 1.92 bits per heavy atom. The summed E-state index contributed by atoms with van der Waals surface area (Å²) in [7, 11) is -2.54. The number of hydrogen-bond acceptors (Lipinski definition) is 8. The molecule has 0 saturated heterocycles. The van der Waals surface area contributed by atoms with Gasteiger partial charge >= 0.3 is 0 Å². The summed E-state index contributed by atoms with van der Waals surface area (Å²) in [5.74, 6) is 1.16. The third-order valence-electron chi connectivity index (χ3n) is 5.53. The molecule has 0 aromatic heterocycles. The lowest BCUT2D eigenvalue weighted by atomic mass is 10.0. The molecule has 0 aliphatic heterocycles. The van der Waals surface area contributed by atoms with Gasteiger partial charge in [-0.1, -0.05) is 17.7 Å². The van der Waals surface area contributed by atoms with Crippen LogP contribution in [0.4, 0.5) is 0 Å². The number of hydrogen-bond donors (Lipinski definition) is 1. The molecule has 3 aromatic rings. The van der Waals surface area contributed by atoms with Crippen molar-refractivity contribution < 1.29 is 40.3 Å². The molecule has 9 nitrogen and oxygen atoms in total. The van der Waals surface area contributed by atoms with Crippen molar-refractivity contribution in [3.05, 3.63) is 70.6 Å². The standard InChI is InChI=1S/C26H28O9S2/c1-17-6-9-26(37(29,30)31)22(12-17)21-13-18(7-8-23(21)33-3)16-36(27,28)11-10-20-24(34-4)14-19(32-2)15-25(20)35-5/h6-15H,16H2,1-5H3,(H,29,30,31). The molecule has 0 aliphatic carbocycles. The maximum atomic E-state index is 13.0. The summed E-state index contributed by atoms with van der Waals surface area (Å²) < 4.78 is 81.1. The highest BCUT2D eigenvalue weighted by Gasteiger charge is 2.21. The first kappa shape index (κ1) is 28.0. The van der Waals surface area contributed by atoms with E-state index in [9.17, 15) is 21.4 Å². The number of methoxy groups -OCH3 is 4. The second-order valence-electron chi connectivity index (χ2n) is 8.06. The van der Waals surface area contributed by atoms with Crippen molar-refractivity contribution in [1.82, 2.24) is 0 Å². The molecule has 0 spiro atoms. The van der Waals surface area contributed by atoms with Crippen molar-refractivity contribution in [3.8, 4) is 34.1 Å². The van der Waals surface area contributed by atoms with Gasteiger partial charge in [0.25, 0.3) is 10.1 Å². The third kappa shape index (κ3) is 6.62. The zero-order valence-corrected chi connectivity index (χ0v) is 22.6. The Morgan fingerprint density at radius 2 is 1.38 bits per heavy atom. The monoisotopic (exact) mass is 548 g/mol. The van der Waals surface area contributed by atoms with Crippen LogP contribution in [0.1, 0.15) is 16.7 Å². The molecule has 0 atom stereocenters. The fraction of sp³-hybridized carbons (Fsp3) is 0.231. The number of rotatable bonds is 10.